The summed E-state index contributed by atoms with van der Waals surface area (Å²) < 4.78 is 6.05. The third kappa shape index (κ3) is 9.22. The highest BCUT2D eigenvalue weighted by atomic mass is 127. The maximum atomic E-state index is 6.05. The molecule has 1 heterocycles. The van der Waals surface area contributed by atoms with Gasteiger partial charge in [0.15, 0.2) is 5.96 Å². The summed E-state index contributed by atoms with van der Waals surface area (Å²) >= 11 is 0. The minimum absolute atomic E-state index is 0. The number of guanidine groups is 1. The molecule has 0 radical (unpaired) electrons. The third-order valence-electron chi connectivity index (χ3n) is 5.46. The molecule has 0 bridgehead atoms. The lowest BCUT2D eigenvalue weighted by Gasteiger charge is -2.35. The maximum absolute atomic E-state index is 6.05. The first-order valence-electron chi connectivity index (χ1n) is 10.6. The van der Waals surface area contributed by atoms with Gasteiger partial charge in [-0.05, 0) is 46.5 Å². The molecule has 5 nitrogen and oxygen atoms in total. The topological polar surface area (TPSA) is 48.9 Å². The van der Waals surface area contributed by atoms with Gasteiger partial charge in [-0.15, -0.1) is 24.0 Å². The van der Waals surface area contributed by atoms with E-state index in [1.165, 1.54) is 64.5 Å². The Labute approximate surface area is 178 Å². The highest BCUT2D eigenvalue weighted by Crippen LogP contribution is 2.19. The fourth-order valence-corrected chi connectivity index (χ4v) is 3.86. The second-order valence-electron chi connectivity index (χ2n) is 7.79. The van der Waals surface area contributed by atoms with Crippen molar-refractivity contribution in [2.75, 3.05) is 32.8 Å². The van der Waals surface area contributed by atoms with E-state index in [0.29, 0.717) is 18.2 Å². The van der Waals surface area contributed by atoms with E-state index in [4.69, 9.17) is 9.73 Å². The quantitative estimate of drug-likeness (QED) is 0.192. The molecule has 26 heavy (non-hydrogen) atoms. The molecule has 2 rings (SSSR count). The summed E-state index contributed by atoms with van der Waals surface area (Å²) in [4.78, 5) is 7.28. The van der Waals surface area contributed by atoms with Crippen molar-refractivity contribution in [1.82, 2.24) is 15.5 Å². The lowest BCUT2D eigenvalue weighted by Crippen LogP contribution is -2.50. The molecule has 154 valence electrons. The summed E-state index contributed by atoms with van der Waals surface area (Å²) in [6.07, 6.45) is 10.7. The summed E-state index contributed by atoms with van der Waals surface area (Å²) in [5, 5.41) is 7.00. The zero-order valence-electron chi connectivity index (χ0n) is 17.1. The molecule has 0 amide bonds. The van der Waals surface area contributed by atoms with Crippen molar-refractivity contribution in [3.63, 3.8) is 0 Å². The average Bonchev–Trinajstić information content (AvgIpc) is 2.88. The Hall–Kier alpha value is -0.0800. The molecule has 1 saturated carbocycles. The van der Waals surface area contributed by atoms with E-state index in [1.807, 2.05) is 0 Å². The molecule has 0 aromatic rings. The van der Waals surface area contributed by atoms with E-state index in [2.05, 4.69) is 36.3 Å². The minimum atomic E-state index is 0. The molecule has 1 saturated heterocycles. The van der Waals surface area contributed by atoms with Gasteiger partial charge in [0.1, 0.15) is 0 Å². The molecule has 1 aliphatic heterocycles. The van der Waals surface area contributed by atoms with Crippen LogP contribution in [0, 0.1) is 0 Å². The van der Waals surface area contributed by atoms with Gasteiger partial charge in [-0.1, -0.05) is 25.7 Å². The van der Waals surface area contributed by atoms with Crippen molar-refractivity contribution in [2.45, 2.75) is 90.3 Å². The number of halogens is 1. The number of aliphatic imine (C=N–C) groups is 1. The number of hydrogen-bond acceptors (Lipinski definition) is 3. The predicted octanol–water partition coefficient (Wildman–Crippen LogP) is 3.77. The molecule has 0 unspecified atom stereocenters. The summed E-state index contributed by atoms with van der Waals surface area (Å²) in [7, 11) is 0. The van der Waals surface area contributed by atoms with Crippen LogP contribution in [0.2, 0.25) is 0 Å². The molecule has 6 heteroatoms. The Morgan fingerprint density at radius 1 is 1.08 bits per heavy atom. The van der Waals surface area contributed by atoms with Gasteiger partial charge in [0.05, 0.1) is 19.3 Å². The van der Waals surface area contributed by atoms with Crippen LogP contribution < -0.4 is 10.6 Å². The summed E-state index contributed by atoms with van der Waals surface area (Å²) in [5.41, 5.74) is 0. The Morgan fingerprint density at radius 2 is 1.73 bits per heavy atom. The van der Waals surface area contributed by atoms with Crippen molar-refractivity contribution in [3.05, 3.63) is 0 Å². The summed E-state index contributed by atoms with van der Waals surface area (Å²) in [6.45, 7) is 11.4. The van der Waals surface area contributed by atoms with Crippen molar-refractivity contribution in [1.29, 1.82) is 0 Å². The van der Waals surface area contributed by atoms with Crippen molar-refractivity contribution < 1.29 is 4.74 Å². The smallest absolute Gasteiger partial charge is 0.191 e. The minimum Gasteiger partial charge on any atom is -0.376 e. The van der Waals surface area contributed by atoms with E-state index in [-0.39, 0.29) is 24.0 Å². The number of nitrogens with zero attached hydrogens (tertiary/aromatic N) is 2. The third-order valence-corrected chi connectivity index (χ3v) is 5.46. The van der Waals surface area contributed by atoms with Gasteiger partial charge in [-0.2, -0.15) is 0 Å². The maximum Gasteiger partial charge on any atom is 0.191 e. The second kappa shape index (κ2) is 14.0. The molecule has 0 aromatic carbocycles. The molecule has 0 spiro atoms. The first kappa shape index (κ1) is 24.0. The van der Waals surface area contributed by atoms with Crippen molar-refractivity contribution in [2.24, 2.45) is 4.99 Å². The molecule has 2 fully saturated rings. The molecule has 0 aromatic heterocycles. The number of nitrogens with one attached hydrogen (secondary N) is 2. The van der Waals surface area contributed by atoms with Gasteiger partial charge in [0.2, 0.25) is 0 Å². The fourth-order valence-electron chi connectivity index (χ4n) is 3.86. The standard InChI is InChI=1S/C20H40N4O.HI/c1-4-21-20(23-18-11-14-24(15-12-18)17(2)3)22-13-16-25-19-9-7-5-6-8-10-19;/h17-19H,4-16H2,1-3H3,(H2,21,22,23);1H. The van der Waals surface area contributed by atoms with E-state index in [0.717, 1.165) is 25.7 Å². The average molecular weight is 480 g/mol. The predicted molar refractivity (Wildman–Crippen MR) is 122 cm³/mol. The largest absolute Gasteiger partial charge is 0.376 e. The van der Waals surface area contributed by atoms with E-state index in [1.54, 1.807) is 0 Å². The van der Waals surface area contributed by atoms with E-state index >= 15 is 0 Å². The molecule has 2 N–H and O–H groups in total. The van der Waals surface area contributed by atoms with E-state index in [9.17, 15) is 0 Å². The fraction of sp³-hybridized carbons (Fsp3) is 0.950. The SMILES string of the molecule is CCNC(=NCCOC1CCCCCC1)NC1CCN(C(C)C)CC1.I. The number of piperidine rings is 1. The van der Waals surface area contributed by atoms with Crippen LogP contribution in [0.3, 0.4) is 0 Å². The highest BCUT2D eigenvalue weighted by molar-refractivity contribution is 14.0. The van der Waals surface area contributed by atoms with Crippen LogP contribution in [0.1, 0.15) is 72.1 Å². The van der Waals surface area contributed by atoms with Crippen LogP contribution in [0.5, 0.6) is 0 Å². The van der Waals surface area contributed by atoms with Crippen LogP contribution in [-0.4, -0.2) is 61.8 Å². The summed E-state index contributed by atoms with van der Waals surface area (Å²) in [6, 6.07) is 1.19. The Balaban J connectivity index is 0.00000338. The first-order valence-corrected chi connectivity index (χ1v) is 10.6. The lowest BCUT2D eigenvalue weighted by atomic mass is 10.0. The van der Waals surface area contributed by atoms with E-state index < -0.39 is 0 Å². The van der Waals surface area contributed by atoms with Crippen LogP contribution in [0.15, 0.2) is 4.99 Å². The van der Waals surface area contributed by atoms with Gasteiger partial charge < -0.3 is 20.3 Å². The normalized spacial score (nSPS) is 21.3. The Kier molecular flexibility index (Phi) is 12.9. The van der Waals surface area contributed by atoms with Crippen LogP contribution in [-0.2, 0) is 4.74 Å². The van der Waals surface area contributed by atoms with Gasteiger partial charge >= 0.3 is 0 Å². The molecule has 2 aliphatic rings. The zero-order chi connectivity index (χ0) is 17.9. The molecule has 1 aliphatic carbocycles. The van der Waals surface area contributed by atoms with Gasteiger partial charge in [-0.3, -0.25) is 4.99 Å². The number of hydrogen-bond donors (Lipinski definition) is 2. The number of rotatable bonds is 7. The van der Waals surface area contributed by atoms with Gasteiger partial charge in [0, 0.05) is 31.7 Å². The summed E-state index contributed by atoms with van der Waals surface area (Å²) in [5.74, 6) is 0.954. The molecular formula is C20H41IN4O. The van der Waals surface area contributed by atoms with Crippen molar-refractivity contribution in [3.8, 4) is 0 Å². The van der Waals surface area contributed by atoms with Crippen LogP contribution in [0.4, 0.5) is 0 Å². The lowest BCUT2D eigenvalue weighted by molar-refractivity contribution is 0.0487. The van der Waals surface area contributed by atoms with Gasteiger partial charge in [0.25, 0.3) is 0 Å². The monoisotopic (exact) mass is 480 g/mol. The Bertz CT molecular complexity index is 376. The number of likely N-dealkylation sites (tertiary alicyclic amines) is 1. The van der Waals surface area contributed by atoms with Crippen LogP contribution >= 0.6 is 24.0 Å². The zero-order valence-corrected chi connectivity index (χ0v) is 19.5. The second-order valence-corrected chi connectivity index (χ2v) is 7.79. The molecule has 0 atom stereocenters. The van der Waals surface area contributed by atoms with Crippen LogP contribution in [0.25, 0.3) is 0 Å². The Morgan fingerprint density at radius 3 is 2.31 bits per heavy atom. The van der Waals surface area contributed by atoms with Gasteiger partial charge in [-0.25, -0.2) is 0 Å². The first-order chi connectivity index (χ1) is 12.2. The molecular weight excluding hydrogens is 439 g/mol. The highest BCUT2D eigenvalue weighted by Gasteiger charge is 2.21. The van der Waals surface area contributed by atoms with Crippen molar-refractivity contribution >= 4 is 29.9 Å². The number of ether oxygens (including phenoxy) is 1.